The van der Waals surface area contributed by atoms with Crippen molar-refractivity contribution in [3.63, 3.8) is 0 Å². The van der Waals surface area contributed by atoms with E-state index in [1.54, 1.807) is 25.3 Å². The summed E-state index contributed by atoms with van der Waals surface area (Å²) in [7, 11) is 3.05. The van der Waals surface area contributed by atoms with E-state index in [0.29, 0.717) is 40.9 Å². The molecule has 1 aromatic heterocycles. The molecule has 174 valence electrons. The number of methoxy groups -OCH3 is 2. The third kappa shape index (κ3) is 6.23. The third-order valence-corrected chi connectivity index (χ3v) is 5.50. The Labute approximate surface area is 196 Å². The van der Waals surface area contributed by atoms with Gasteiger partial charge in [-0.05, 0) is 50.2 Å². The third-order valence-electron chi connectivity index (χ3n) is 4.56. The summed E-state index contributed by atoms with van der Waals surface area (Å²) in [5.41, 5.74) is 1.99. The number of ketones is 1. The fourth-order valence-corrected chi connectivity index (χ4v) is 3.72. The minimum absolute atomic E-state index is 0.0211. The summed E-state index contributed by atoms with van der Waals surface area (Å²) < 4.78 is 26.9. The van der Waals surface area contributed by atoms with Gasteiger partial charge in [-0.3, -0.25) is 4.79 Å². The molecular formula is C24H25NO7S. The van der Waals surface area contributed by atoms with Crippen molar-refractivity contribution in [3.8, 4) is 33.6 Å². The molecule has 0 aliphatic rings. The summed E-state index contributed by atoms with van der Waals surface area (Å²) in [6.45, 7) is 3.63. The number of carbonyl (C=O) groups is 2. The Balaban J connectivity index is 1.56. The number of thiazole rings is 1. The van der Waals surface area contributed by atoms with E-state index in [0.717, 1.165) is 10.6 Å². The van der Waals surface area contributed by atoms with Crippen LogP contribution in [0.25, 0.3) is 10.6 Å². The number of aromatic nitrogens is 1. The maximum absolute atomic E-state index is 12.1. The lowest BCUT2D eigenvalue weighted by Crippen LogP contribution is -2.15. The van der Waals surface area contributed by atoms with Gasteiger partial charge in [-0.2, -0.15) is 0 Å². The van der Waals surface area contributed by atoms with Gasteiger partial charge in [-0.15, -0.1) is 11.3 Å². The number of hydrogen-bond acceptors (Lipinski definition) is 9. The second-order valence-electron chi connectivity index (χ2n) is 6.81. The van der Waals surface area contributed by atoms with E-state index in [2.05, 4.69) is 4.98 Å². The summed E-state index contributed by atoms with van der Waals surface area (Å²) in [4.78, 5) is 28.1. The quantitative estimate of drug-likeness (QED) is 0.297. The van der Waals surface area contributed by atoms with E-state index in [1.807, 2.05) is 30.5 Å². The van der Waals surface area contributed by atoms with E-state index in [1.165, 1.54) is 25.4 Å². The zero-order valence-corrected chi connectivity index (χ0v) is 19.7. The van der Waals surface area contributed by atoms with Crippen LogP contribution < -0.4 is 18.9 Å². The van der Waals surface area contributed by atoms with Crippen LogP contribution in [0.15, 0.2) is 41.8 Å². The van der Waals surface area contributed by atoms with Gasteiger partial charge in [-0.1, -0.05) is 0 Å². The topological polar surface area (TPSA) is 93.2 Å². The minimum Gasteiger partial charge on any atom is -0.493 e. The van der Waals surface area contributed by atoms with E-state index in [-0.39, 0.29) is 19.0 Å². The van der Waals surface area contributed by atoms with Gasteiger partial charge in [0.2, 0.25) is 0 Å². The molecule has 0 amide bonds. The fourth-order valence-electron chi connectivity index (χ4n) is 2.92. The normalized spacial score (nSPS) is 10.4. The lowest BCUT2D eigenvalue weighted by atomic mass is 10.1. The van der Waals surface area contributed by atoms with Crippen LogP contribution in [0.2, 0.25) is 0 Å². The van der Waals surface area contributed by atoms with Crippen LogP contribution in [0.1, 0.15) is 29.9 Å². The average Bonchev–Trinajstić information content (AvgIpc) is 3.30. The number of esters is 1. The summed E-state index contributed by atoms with van der Waals surface area (Å²) in [6, 6.07) is 10.4. The van der Waals surface area contributed by atoms with Gasteiger partial charge < -0.3 is 23.7 Å². The molecule has 1 heterocycles. The van der Waals surface area contributed by atoms with E-state index in [4.69, 9.17) is 23.7 Å². The Bertz CT molecular complexity index is 1130. The lowest BCUT2D eigenvalue weighted by molar-refractivity contribution is -0.147. The number of Topliss-reactive ketones (excluding diaryl/α,β-unsaturated/α-hetero) is 1. The van der Waals surface area contributed by atoms with Crippen LogP contribution in [0, 0.1) is 0 Å². The molecule has 0 saturated heterocycles. The summed E-state index contributed by atoms with van der Waals surface area (Å²) in [6.07, 6.45) is 0. The second kappa shape index (κ2) is 11.3. The van der Waals surface area contributed by atoms with Crippen molar-refractivity contribution in [1.29, 1.82) is 0 Å². The van der Waals surface area contributed by atoms with Gasteiger partial charge >= 0.3 is 5.97 Å². The SMILES string of the molecule is CCOc1ccc(-c2nc(COC(=O)COc3ccc(C(C)=O)cc3OC)cs2)cc1OC. The van der Waals surface area contributed by atoms with Crippen molar-refractivity contribution in [1.82, 2.24) is 4.98 Å². The molecule has 0 aliphatic heterocycles. The summed E-state index contributed by atoms with van der Waals surface area (Å²) in [5, 5.41) is 2.60. The summed E-state index contributed by atoms with van der Waals surface area (Å²) >= 11 is 1.44. The van der Waals surface area contributed by atoms with Crippen LogP contribution in [-0.4, -0.2) is 44.2 Å². The first-order valence-corrected chi connectivity index (χ1v) is 11.1. The zero-order valence-electron chi connectivity index (χ0n) is 18.9. The van der Waals surface area contributed by atoms with E-state index in [9.17, 15) is 9.59 Å². The van der Waals surface area contributed by atoms with Crippen LogP contribution in [0.4, 0.5) is 0 Å². The van der Waals surface area contributed by atoms with Gasteiger partial charge in [-0.25, -0.2) is 9.78 Å². The van der Waals surface area contributed by atoms with Gasteiger partial charge in [0.15, 0.2) is 35.4 Å². The number of nitrogens with zero attached hydrogens (tertiary/aromatic N) is 1. The molecule has 0 atom stereocenters. The van der Waals surface area contributed by atoms with E-state index >= 15 is 0 Å². The maximum Gasteiger partial charge on any atom is 0.344 e. The molecule has 8 nitrogen and oxygen atoms in total. The molecule has 0 aliphatic carbocycles. The van der Waals surface area contributed by atoms with Crippen molar-refractivity contribution in [2.24, 2.45) is 0 Å². The molecule has 2 aromatic carbocycles. The Morgan fingerprint density at radius 2 is 1.64 bits per heavy atom. The lowest BCUT2D eigenvalue weighted by Gasteiger charge is -2.11. The predicted octanol–water partition coefficient (Wildman–Crippen LogP) is 4.55. The molecule has 33 heavy (non-hydrogen) atoms. The number of rotatable bonds is 11. The van der Waals surface area contributed by atoms with Gasteiger partial charge in [0.1, 0.15) is 11.6 Å². The predicted molar refractivity (Wildman–Crippen MR) is 124 cm³/mol. The number of carbonyl (C=O) groups excluding carboxylic acids is 2. The highest BCUT2D eigenvalue weighted by atomic mass is 32.1. The molecule has 0 radical (unpaired) electrons. The van der Waals surface area contributed by atoms with Crippen molar-refractivity contribution < 1.29 is 33.3 Å². The highest BCUT2D eigenvalue weighted by molar-refractivity contribution is 7.13. The van der Waals surface area contributed by atoms with E-state index < -0.39 is 5.97 Å². The van der Waals surface area contributed by atoms with Crippen LogP contribution >= 0.6 is 11.3 Å². The monoisotopic (exact) mass is 471 g/mol. The van der Waals surface area contributed by atoms with Crippen LogP contribution in [-0.2, 0) is 16.1 Å². The Kier molecular flexibility index (Phi) is 8.26. The molecular weight excluding hydrogens is 446 g/mol. The molecule has 0 N–H and O–H groups in total. The van der Waals surface area contributed by atoms with Crippen molar-refractivity contribution in [2.75, 3.05) is 27.4 Å². The van der Waals surface area contributed by atoms with Crippen molar-refractivity contribution in [3.05, 3.63) is 53.0 Å². The molecule has 0 unspecified atom stereocenters. The molecule has 0 saturated carbocycles. The fraction of sp³-hybridized carbons (Fsp3) is 0.292. The average molecular weight is 472 g/mol. The van der Waals surface area contributed by atoms with Gasteiger partial charge in [0.25, 0.3) is 0 Å². The first kappa shape index (κ1) is 24.1. The highest BCUT2D eigenvalue weighted by Gasteiger charge is 2.13. The smallest absolute Gasteiger partial charge is 0.344 e. The van der Waals surface area contributed by atoms with Gasteiger partial charge in [0, 0.05) is 16.5 Å². The standard InChI is InChI=1S/C24H25NO7S/c1-5-30-19-9-7-17(11-22(19)29-4)24-25-18(14-33-24)12-32-23(27)13-31-20-8-6-16(15(2)26)10-21(20)28-3/h6-11,14H,5,12-13H2,1-4H3. The first-order valence-electron chi connectivity index (χ1n) is 10.2. The maximum atomic E-state index is 12.1. The Morgan fingerprint density at radius 1 is 0.939 bits per heavy atom. The second-order valence-corrected chi connectivity index (χ2v) is 7.67. The largest absolute Gasteiger partial charge is 0.493 e. The Hall–Kier alpha value is -3.59. The van der Waals surface area contributed by atoms with Crippen LogP contribution in [0.5, 0.6) is 23.0 Å². The first-order chi connectivity index (χ1) is 15.9. The summed E-state index contributed by atoms with van der Waals surface area (Å²) in [5.74, 6) is 1.37. The molecule has 0 spiro atoms. The van der Waals surface area contributed by atoms with Crippen LogP contribution in [0.3, 0.4) is 0 Å². The molecule has 3 rings (SSSR count). The van der Waals surface area contributed by atoms with Crippen molar-refractivity contribution >= 4 is 23.1 Å². The molecule has 0 bridgehead atoms. The zero-order chi connectivity index (χ0) is 23.8. The highest BCUT2D eigenvalue weighted by Crippen LogP contribution is 2.34. The molecule has 3 aromatic rings. The molecule has 0 fully saturated rings. The minimum atomic E-state index is -0.551. The number of benzene rings is 2. The number of ether oxygens (including phenoxy) is 5. The van der Waals surface area contributed by atoms with Gasteiger partial charge in [0.05, 0.1) is 26.5 Å². The van der Waals surface area contributed by atoms with Crippen molar-refractivity contribution in [2.45, 2.75) is 20.5 Å². The Morgan fingerprint density at radius 3 is 2.33 bits per heavy atom. The molecule has 9 heteroatoms. The number of hydrogen-bond donors (Lipinski definition) is 0.